The number of nitrogens with two attached hydrogens (primary N) is 1. The maximum Gasteiger partial charge on any atom is 0.280 e. The first-order chi connectivity index (χ1) is 21.2. The first-order valence-corrected chi connectivity index (χ1v) is 16.0. The van der Waals surface area contributed by atoms with E-state index < -0.39 is 29.6 Å². The number of carbonyl (C=O) groups is 1. The molecule has 2 aliphatic carbocycles. The summed E-state index contributed by atoms with van der Waals surface area (Å²) in [5.41, 5.74) is 8.53. The van der Waals surface area contributed by atoms with Gasteiger partial charge in [-0.25, -0.2) is 4.99 Å². The molecule has 2 aromatic rings. The lowest BCUT2D eigenvalue weighted by Gasteiger charge is -2.46. The van der Waals surface area contributed by atoms with Crippen LogP contribution >= 0.6 is 0 Å². The Bertz CT molecular complexity index is 1480. The van der Waals surface area contributed by atoms with E-state index in [0.717, 1.165) is 49.7 Å². The fourth-order valence-electron chi connectivity index (χ4n) is 7.35. The van der Waals surface area contributed by atoms with Gasteiger partial charge in [-0.05, 0) is 54.9 Å². The molecule has 0 radical (unpaired) electrons. The van der Waals surface area contributed by atoms with E-state index >= 15 is 0 Å². The summed E-state index contributed by atoms with van der Waals surface area (Å²) in [5, 5.41) is 33.0. The van der Waals surface area contributed by atoms with Gasteiger partial charge < -0.3 is 15.9 Å². The average molecular weight is 599 g/mol. The summed E-state index contributed by atoms with van der Waals surface area (Å²) in [5.74, 6) is 0.909. The van der Waals surface area contributed by atoms with Gasteiger partial charge in [-0.1, -0.05) is 62.2 Å². The zero-order valence-corrected chi connectivity index (χ0v) is 25.7. The standard InChI is InChI=1S/C34H43N7O3/c1-34(2,18-23-10-6-14-36-19-23)32-33-40-39-29(17-28(35)42)41(33,21-26(38-32)25-11-7-15-37-20-25)27(16-22-8-4-3-5-9-22)31(44)30(43)24-12-13-24/h6-7,10-11,14-15,19-22,24,27,30-31,43-44H,3-5,8-9,12-13,16-18H2,1-2H3,(H-,35,42)/p+1/t27-,30-,31+,41?/m0/s1. The summed E-state index contributed by atoms with van der Waals surface area (Å²) in [7, 11) is 0. The molecule has 2 saturated carbocycles. The predicted octanol–water partition coefficient (Wildman–Crippen LogP) is 4.39. The van der Waals surface area contributed by atoms with Gasteiger partial charge in [-0.3, -0.25) is 14.8 Å². The number of hydrogen-bond acceptors (Lipinski definition) is 8. The van der Waals surface area contributed by atoms with Gasteiger partial charge in [0.25, 0.3) is 5.84 Å². The quantitative estimate of drug-likeness (QED) is 0.310. The molecule has 10 nitrogen and oxygen atoms in total. The second-order valence-electron chi connectivity index (χ2n) is 13.6. The summed E-state index contributed by atoms with van der Waals surface area (Å²) < 4.78 is -0.0794. The van der Waals surface area contributed by atoms with E-state index in [-0.39, 0.29) is 16.8 Å². The molecular weight excluding hydrogens is 554 g/mol. The lowest BCUT2D eigenvalue weighted by atomic mass is 9.77. The molecule has 0 spiro atoms. The van der Waals surface area contributed by atoms with Crippen molar-refractivity contribution in [2.24, 2.45) is 38.2 Å². The molecule has 10 heteroatoms. The Labute approximate surface area is 259 Å². The van der Waals surface area contributed by atoms with Crippen molar-refractivity contribution in [1.82, 2.24) is 9.97 Å². The van der Waals surface area contributed by atoms with Crippen molar-refractivity contribution >= 4 is 29.0 Å². The van der Waals surface area contributed by atoms with E-state index in [1.165, 1.54) is 6.42 Å². The van der Waals surface area contributed by atoms with Crippen LogP contribution in [0, 0.1) is 17.3 Å². The predicted molar refractivity (Wildman–Crippen MR) is 170 cm³/mol. The number of amides is 1. The Morgan fingerprint density at radius 1 is 1.02 bits per heavy atom. The lowest BCUT2D eigenvalue weighted by molar-refractivity contribution is -0.727. The molecule has 232 valence electrons. The van der Waals surface area contributed by atoms with Crippen LogP contribution < -0.4 is 5.73 Å². The molecule has 0 aromatic carbocycles. The Morgan fingerprint density at radius 3 is 2.39 bits per heavy atom. The maximum atomic E-state index is 12.6. The van der Waals surface area contributed by atoms with Crippen LogP contribution in [0.15, 0.2) is 70.4 Å². The Hall–Kier alpha value is -3.60. The number of amidine groups is 2. The molecule has 4 N–H and O–H groups in total. The largest absolute Gasteiger partial charge is 0.390 e. The Kier molecular flexibility index (Phi) is 8.59. The van der Waals surface area contributed by atoms with Gasteiger partial charge in [0, 0.05) is 42.2 Å². The third kappa shape index (κ3) is 6.03. The summed E-state index contributed by atoms with van der Waals surface area (Å²) >= 11 is 0. The first kappa shape index (κ1) is 30.4. The highest BCUT2D eigenvalue weighted by molar-refractivity contribution is 6.44. The number of nitrogens with zero attached hydrogens (tertiary/aromatic N) is 6. The minimum Gasteiger partial charge on any atom is -0.390 e. The third-order valence-corrected chi connectivity index (χ3v) is 9.78. The molecular formula is C34H44N7O3+. The molecule has 4 heterocycles. The third-order valence-electron chi connectivity index (χ3n) is 9.78. The van der Waals surface area contributed by atoms with Crippen LogP contribution in [0.3, 0.4) is 0 Å². The van der Waals surface area contributed by atoms with Crippen LogP contribution in [0.2, 0.25) is 0 Å². The minimum absolute atomic E-state index is 0.0540. The van der Waals surface area contributed by atoms with E-state index in [1.54, 1.807) is 18.6 Å². The molecule has 0 saturated heterocycles. The van der Waals surface area contributed by atoms with Crippen LogP contribution in [-0.4, -0.2) is 66.2 Å². The van der Waals surface area contributed by atoms with Crippen LogP contribution in [0.25, 0.3) is 5.70 Å². The van der Waals surface area contributed by atoms with Crippen LogP contribution in [0.5, 0.6) is 0 Å². The molecule has 1 amide bonds. The molecule has 4 atom stereocenters. The fourth-order valence-corrected chi connectivity index (χ4v) is 7.35. The number of primary amides is 1. The van der Waals surface area contributed by atoms with E-state index in [4.69, 9.17) is 15.8 Å². The van der Waals surface area contributed by atoms with E-state index in [9.17, 15) is 15.0 Å². The number of aromatic nitrogens is 2. The monoisotopic (exact) mass is 598 g/mol. The van der Waals surface area contributed by atoms with Gasteiger partial charge in [0.2, 0.25) is 11.7 Å². The number of aliphatic hydroxyl groups is 2. The van der Waals surface area contributed by atoms with Crippen LogP contribution in [-0.2, 0) is 11.2 Å². The Balaban J connectivity index is 1.54. The number of hydrogen-bond donors (Lipinski definition) is 3. The number of fused-ring (bicyclic) bond motifs is 1. The van der Waals surface area contributed by atoms with Crippen molar-refractivity contribution in [2.75, 3.05) is 0 Å². The first-order valence-electron chi connectivity index (χ1n) is 16.0. The summed E-state index contributed by atoms with van der Waals surface area (Å²) in [6.45, 7) is 4.25. The smallest absolute Gasteiger partial charge is 0.280 e. The summed E-state index contributed by atoms with van der Waals surface area (Å²) in [6.07, 6.45) is 15.7. The Morgan fingerprint density at radius 2 is 1.75 bits per heavy atom. The second kappa shape index (κ2) is 12.4. The zero-order chi connectivity index (χ0) is 30.9. The van der Waals surface area contributed by atoms with Gasteiger partial charge in [-0.15, -0.1) is 0 Å². The average Bonchev–Trinajstić information content (AvgIpc) is 3.82. The molecule has 2 fully saturated rings. The van der Waals surface area contributed by atoms with E-state index in [2.05, 4.69) is 28.9 Å². The normalized spacial score (nSPS) is 24.4. The van der Waals surface area contributed by atoms with Gasteiger partial charge >= 0.3 is 0 Å². The zero-order valence-electron chi connectivity index (χ0n) is 25.7. The molecule has 6 rings (SSSR count). The van der Waals surface area contributed by atoms with Gasteiger partial charge in [0.1, 0.15) is 36.2 Å². The number of carbonyl (C=O) groups excluding carboxylic acids is 1. The fraction of sp³-hybridized carbons (Fsp3) is 0.529. The molecule has 2 aliphatic heterocycles. The van der Waals surface area contributed by atoms with Crippen molar-refractivity contribution in [2.45, 2.75) is 96.3 Å². The number of rotatable bonds is 12. The number of quaternary nitrogens is 1. The highest BCUT2D eigenvalue weighted by atomic mass is 16.3. The van der Waals surface area contributed by atoms with Gasteiger partial charge in [-0.2, -0.15) is 4.48 Å². The highest BCUT2D eigenvalue weighted by Crippen LogP contribution is 2.45. The topological polar surface area (TPSA) is 146 Å². The van der Waals surface area contributed by atoms with Gasteiger partial charge in [0.05, 0.1) is 6.10 Å². The summed E-state index contributed by atoms with van der Waals surface area (Å²) in [6, 6.07) is 7.25. The van der Waals surface area contributed by atoms with Crippen molar-refractivity contribution < 1.29 is 19.5 Å². The van der Waals surface area contributed by atoms with Gasteiger partial charge in [0.15, 0.2) is 0 Å². The minimum atomic E-state index is -1.07. The number of aliphatic imine (C=N–C) groups is 1. The molecule has 1 unspecified atom stereocenters. The van der Waals surface area contributed by atoms with E-state index in [1.807, 2.05) is 36.7 Å². The van der Waals surface area contributed by atoms with Crippen LogP contribution in [0.1, 0.15) is 82.8 Å². The molecule has 2 aromatic heterocycles. The lowest BCUT2D eigenvalue weighted by Crippen LogP contribution is -2.67. The molecule has 44 heavy (non-hydrogen) atoms. The number of aliphatic hydroxyl groups excluding tert-OH is 2. The van der Waals surface area contributed by atoms with Crippen molar-refractivity contribution in [3.63, 3.8) is 0 Å². The van der Waals surface area contributed by atoms with Crippen molar-refractivity contribution in [1.29, 1.82) is 0 Å². The summed E-state index contributed by atoms with van der Waals surface area (Å²) in [4.78, 5) is 26.5. The molecule has 4 aliphatic rings. The maximum absolute atomic E-state index is 12.6. The van der Waals surface area contributed by atoms with Crippen molar-refractivity contribution in [3.8, 4) is 0 Å². The number of pyridine rings is 2. The highest BCUT2D eigenvalue weighted by Gasteiger charge is 2.60. The molecule has 0 bridgehead atoms. The van der Waals surface area contributed by atoms with Crippen LogP contribution in [0.4, 0.5) is 0 Å². The van der Waals surface area contributed by atoms with Crippen molar-refractivity contribution in [3.05, 3.63) is 66.4 Å². The SMILES string of the molecule is CC(C)(Cc1cccnc1)C1=NC(c2cccnc2)=C[N+]2([C@@H](CC3CCCCC3)[C@@H](O)[C@@H](O)C3CC3)C(CC(N)=O)=NN=C12. The van der Waals surface area contributed by atoms with E-state index in [0.29, 0.717) is 41.8 Å². The second-order valence-corrected chi connectivity index (χ2v) is 13.6.